The van der Waals surface area contributed by atoms with Gasteiger partial charge >= 0.3 is 5.97 Å². The van der Waals surface area contributed by atoms with Gasteiger partial charge in [-0.3, -0.25) is 0 Å². The third-order valence-corrected chi connectivity index (χ3v) is 4.40. The average molecular weight is 417 g/mol. The zero-order chi connectivity index (χ0) is 18.7. The van der Waals surface area contributed by atoms with E-state index in [2.05, 4.69) is 36.7 Å². The Morgan fingerprint density at radius 2 is 1.40 bits per heavy atom. The number of rotatable bonds is 13. The molecule has 1 rings (SSSR count). The molecular formula is C19H29BrO5. The molecule has 0 amide bonds. The summed E-state index contributed by atoms with van der Waals surface area (Å²) in [7, 11) is 0. The van der Waals surface area contributed by atoms with Crippen molar-refractivity contribution in [2.45, 2.75) is 59.3 Å². The first-order chi connectivity index (χ1) is 12.1. The lowest BCUT2D eigenvalue weighted by molar-refractivity contribution is 0.0694. The SMILES string of the molecule is CCCCOc1cc(C(=O)O)c(Br)c(OCCCC)c1OCCCC. The molecule has 0 unspecified atom stereocenters. The topological polar surface area (TPSA) is 65.0 Å². The lowest BCUT2D eigenvalue weighted by atomic mass is 10.1. The summed E-state index contributed by atoms with van der Waals surface area (Å²) in [4.78, 5) is 11.6. The van der Waals surface area contributed by atoms with E-state index in [0.29, 0.717) is 41.5 Å². The van der Waals surface area contributed by atoms with Crippen molar-refractivity contribution in [1.82, 2.24) is 0 Å². The number of hydrogen-bond donors (Lipinski definition) is 1. The molecule has 25 heavy (non-hydrogen) atoms. The molecule has 0 bridgehead atoms. The molecule has 0 aromatic heterocycles. The van der Waals surface area contributed by atoms with Crippen molar-refractivity contribution >= 4 is 21.9 Å². The van der Waals surface area contributed by atoms with Crippen LogP contribution in [0, 0.1) is 0 Å². The second kappa shape index (κ2) is 12.0. The molecule has 0 fully saturated rings. The number of hydrogen-bond acceptors (Lipinski definition) is 4. The van der Waals surface area contributed by atoms with Gasteiger partial charge in [-0.1, -0.05) is 40.0 Å². The van der Waals surface area contributed by atoms with E-state index < -0.39 is 5.97 Å². The van der Waals surface area contributed by atoms with E-state index in [0.717, 1.165) is 38.5 Å². The first-order valence-corrected chi connectivity index (χ1v) is 9.84. The Bertz CT molecular complexity index is 545. The van der Waals surface area contributed by atoms with Gasteiger partial charge in [0, 0.05) is 0 Å². The molecular weight excluding hydrogens is 388 g/mol. The molecule has 0 aliphatic carbocycles. The number of aromatic carboxylic acids is 1. The van der Waals surface area contributed by atoms with Crippen molar-refractivity contribution in [2.75, 3.05) is 19.8 Å². The van der Waals surface area contributed by atoms with Gasteiger partial charge in [0.1, 0.15) is 0 Å². The molecule has 0 atom stereocenters. The van der Waals surface area contributed by atoms with Gasteiger partial charge in [0.2, 0.25) is 5.75 Å². The molecule has 0 aliphatic rings. The van der Waals surface area contributed by atoms with Crippen LogP contribution in [0.15, 0.2) is 10.5 Å². The normalized spacial score (nSPS) is 10.6. The highest BCUT2D eigenvalue weighted by molar-refractivity contribution is 9.10. The van der Waals surface area contributed by atoms with E-state index in [4.69, 9.17) is 14.2 Å². The van der Waals surface area contributed by atoms with Crippen molar-refractivity contribution in [3.8, 4) is 17.2 Å². The fourth-order valence-corrected chi connectivity index (χ4v) is 2.66. The molecule has 142 valence electrons. The van der Waals surface area contributed by atoms with Crippen LogP contribution in [0.4, 0.5) is 0 Å². The van der Waals surface area contributed by atoms with Crippen LogP contribution in [0.25, 0.3) is 0 Å². The lowest BCUT2D eigenvalue weighted by Crippen LogP contribution is -2.09. The number of benzene rings is 1. The number of unbranched alkanes of at least 4 members (excludes halogenated alkanes) is 3. The molecule has 1 N–H and O–H groups in total. The summed E-state index contributed by atoms with van der Waals surface area (Å²) in [5.74, 6) is 0.290. The largest absolute Gasteiger partial charge is 0.490 e. The first kappa shape index (κ1) is 21.6. The Balaban J connectivity index is 3.24. The van der Waals surface area contributed by atoms with Crippen LogP contribution in [0.1, 0.15) is 69.7 Å². The van der Waals surface area contributed by atoms with Crippen molar-refractivity contribution in [2.24, 2.45) is 0 Å². The Kier molecular flexibility index (Phi) is 10.4. The second-order valence-electron chi connectivity index (χ2n) is 5.81. The second-order valence-corrected chi connectivity index (χ2v) is 6.60. The molecule has 5 nitrogen and oxygen atoms in total. The maximum absolute atomic E-state index is 11.6. The summed E-state index contributed by atoms with van der Waals surface area (Å²) < 4.78 is 18.0. The van der Waals surface area contributed by atoms with E-state index in [1.54, 1.807) is 0 Å². The molecule has 0 saturated heterocycles. The van der Waals surface area contributed by atoms with Gasteiger partial charge in [-0.25, -0.2) is 4.79 Å². The van der Waals surface area contributed by atoms with Crippen LogP contribution in [0.2, 0.25) is 0 Å². The van der Waals surface area contributed by atoms with E-state index in [9.17, 15) is 9.90 Å². The molecule has 0 heterocycles. The van der Waals surface area contributed by atoms with Gasteiger partial charge in [0.25, 0.3) is 0 Å². The fourth-order valence-electron chi connectivity index (χ4n) is 2.09. The quantitative estimate of drug-likeness (QED) is 0.418. The molecule has 0 aliphatic heterocycles. The minimum absolute atomic E-state index is 0.112. The number of ether oxygens (including phenoxy) is 3. The monoisotopic (exact) mass is 416 g/mol. The van der Waals surface area contributed by atoms with Gasteiger partial charge in [-0.2, -0.15) is 0 Å². The van der Waals surface area contributed by atoms with Gasteiger partial charge in [-0.15, -0.1) is 0 Å². The summed E-state index contributed by atoms with van der Waals surface area (Å²) in [5, 5.41) is 9.48. The number of halogens is 1. The van der Waals surface area contributed by atoms with Gasteiger partial charge in [0.15, 0.2) is 11.5 Å². The molecule has 0 spiro atoms. The third kappa shape index (κ3) is 6.77. The van der Waals surface area contributed by atoms with Gasteiger partial charge in [0.05, 0.1) is 29.9 Å². The summed E-state index contributed by atoms with van der Waals surface area (Å²) in [6.07, 6.45) is 5.66. The van der Waals surface area contributed by atoms with Crippen LogP contribution in [-0.4, -0.2) is 30.9 Å². The van der Waals surface area contributed by atoms with E-state index in [-0.39, 0.29) is 5.56 Å². The van der Waals surface area contributed by atoms with Crippen LogP contribution < -0.4 is 14.2 Å². The Hall–Kier alpha value is -1.43. The Morgan fingerprint density at radius 1 is 0.920 bits per heavy atom. The molecule has 0 radical (unpaired) electrons. The molecule has 6 heteroatoms. The fraction of sp³-hybridized carbons (Fsp3) is 0.632. The Morgan fingerprint density at radius 3 is 1.88 bits per heavy atom. The molecule has 1 aromatic rings. The summed E-state index contributed by atoms with van der Waals surface area (Å²) in [5.41, 5.74) is 0.112. The number of carboxylic acids is 1. The maximum atomic E-state index is 11.6. The zero-order valence-corrected chi connectivity index (χ0v) is 17.0. The number of carboxylic acid groups (broad SMARTS) is 1. The Labute approximate surface area is 158 Å². The van der Waals surface area contributed by atoms with Crippen LogP contribution >= 0.6 is 15.9 Å². The predicted molar refractivity (Wildman–Crippen MR) is 102 cm³/mol. The van der Waals surface area contributed by atoms with Gasteiger partial charge in [-0.05, 0) is 41.3 Å². The van der Waals surface area contributed by atoms with Crippen molar-refractivity contribution < 1.29 is 24.1 Å². The average Bonchev–Trinajstić information content (AvgIpc) is 2.58. The third-order valence-electron chi connectivity index (χ3n) is 3.62. The smallest absolute Gasteiger partial charge is 0.337 e. The van der Waals surface area contributed by atoms with Crippen LogP contribution in [-0.2, 0) is 0 Å². The summed E-state index contributed by atoms with van der Waals surface area (Å²) in [6.45, 7) is 7.77. The van der Waals surface area contributed by atoms with Gasteiger partial charge < -0.3 is 19.3 Å². The van der Waals surface area contributed by atoms with Crippen molar-refractivity contribution in [1.29, 1.82) is 0 Å². The highest BCUT2D eigenvalue weighted by Gasteiger charge is 2.24. The predicted octanol–water partition coefficient (Wildman–Crippen LogP) is 5.68. The molecule has 0 saturated carbocycles. The number of carbonyl (C=O) groups is 1. The maximum Gasteiger partial charge on any atom is 0.337 e. The summed E-state index contributed by atoms with van der Waals surface area (Å²) >= 11 is 3.37. The highest BCUT2D eigenvalue weighted by atomic mass is 79.9. The molecule has 1 aromatic carbocycles. The first-order valence-electron chi connectivity index (χ1n) is 9.04. The minimum atomic E-state index is -1.03. The van der Waals surface area contributed by atoms with E-state index >= 15 is 0 Å². The zero-order valence-electron chi connectivity index (χ0n) is 15.4. The van der Waals surface area contributed by atoms with Crippen LogP contribution in [0.3, 0.4) is 0 Å². The van der Waals surface area contributed by atoms with E-state index in [1.807, 2.05) is 0 Å². The van der Waals surface area contributed by atoms with E-state index in [1.165, 1.54) is 6.07 Å². The highest BCUT2D eigenvalue weighted by Crippen LogP contribution is 2.45. The van der Waals surface area contributed by atoms with Crippen molar-refractivity contribution in [3.63, 3.8) is 0 Å². The van der Waals surface area contributed by atoms with Crippen molar-refractivity contribution in [3.05, 3.63) is 16.1 Å². The summed E-state index contributed by atoms with van der Waals surface area (Å²) in [6, 6.07) is 1.51. The minimum Gasteiger partial charge on any atom is -0.490 e. The van der Waals surface area contributed by atoms with Crippen LogP contribution in [0.5, 0.6) is 17.2 Å². The lowest BCUT2D eigenvalue weighted by Gasteiger charge is -2.19. The standard InChI is InChI=1S/C19H29BrO5/c1-4-7-10-23-15-13-14(19(21)22)16(20)18(25-12-9-6-3)17(15)24-11-8-5-2/h13H,4-12H2,1-3H3,(H,21,22).